The molecule has 2 N–H and O–H groups in total. The van der Waals surface area contributed by atoms with Gasteiger partial charge in [-0.1, -0.05) is 12.1 Å². The van der Waals surface area contributed by atoms with Gasteiger partial charge in [0.15, 0.2) is 0 Å². The Morgan fingerprint density at radius 1 is 1.08 bits per heavy atom. The first kappa shape index (κ1) is 17.7. The lowest BCUT2D eigenvalue weighted by molar-refractivity contribution is -0.125. The van der Waals surface area contributed by atoms with Crippen LogP contribution in [0.2, 0.25) is 0 Å². The van der Waals surface area contributed by atoms with Gasteiger partial charge in [0.2, 0.25) is 5.91 Å². The number of aryl methyl sites for hydroxylation is 1. The summed E-state index contributed by atoms with van der Waals surface area (Å²) in [5.41, 5.74) is 1.20. The third kappa shape index (κ3) is 4.44. The second kappa shape index (κ2) is 7.77. The monoisotopic (exact) mass is 328 g/mol. The fraction of sp³-hybridized carbons (Fsp3) is 0.389. The number of benzene rings is 1. The molecule has 1 aromatic carbocycles. The van der Waals surface area contributed by atoms with Gasteiger partial charge in [-0.2, -0.15) is 5.10 Å². The highest BCUT2D eigenvalue weighted by Crippen LogP contribution is 2.25. The highest BCUT2D eigenvalue weighted by molar-refractivity contribution is 5.87. The molecule has 0 bridgehead atoms. The number of nitrogens with zero attached hydrogens (tertiary/aromatic N) is 2. The summed E-state index contributed by atoms with van der Waals surface area (Å²) in [7, 11) is 1.62. The van der Waals surface area contributed by atoms with Gasteiger partial charge in [-0.05, 0) is 50.6 Å². The number of carbonyl (C=O) groups is 1. The van der Waals surface area contributed by atoms with Crippen molar-refractivity contribution >= 4 is 11.7 Å². The molecule has 0 aliphatic heterocycles. The van der Waals surface area contributed by atoms with Crippen LogP contribution in [-0.2, 0) is 10.2 Å². The molecule has 6 heteroatoms. The number of hydrogen-bond donors (Lipinski definition) is 2. The molecule has 6 nitrogen and oxygen atoms in total. The van der Waals surface area contributed by atoms with Crippen LogP contribution in [0.1, 0.15) is 25.1 Å². The maximum absolute atomic E-state index is 12.5. The number of rotatable bonds is 7. The Hall–Kier alpha value is -2.63. The van der Waals surface area contributed by atoms with E-state index in [1.807, 2.05) is 57.2 Å². The van der Waals surface area contributed by atoms with Crippen LogP contribution < -0.4 is 15.4 Å². The van der Waals surface area contributed by atoms with E-state index in [1.165, 1.54) is 0 Å². The van der Waals surface area contributed by atoms with Gasteiger partial charge in [0.05, 0.1) is 18.2 Å². The Balaban J connectivity index is 1.84. The van der Waals surface area contributed by atoms with Crippen LogP contribution >= 0.6 is 0 Å². The zero-order valence-corrected chi connectivity index (χ0v) is 14.6. The summed E-state index contributed by atoms with van der Waals surface area (Å²) in [5, 5.41) is 14.1. The Labute approximate surface area is 142 Å². The van der Waals surface area contributed by atoms with E-state index in [-0.39, 0.29) is 5.91 Å². The molecule has 0 atom stereocenters. The standard InChI is InChI=1S/C18H24N4O2/c1-13-5-10-16(22-21-13)19-11-12-20-17(23)18(2,3)14-6-8-15(24-4)9-7-14/h5-10H,11-12H2,1-4H3,(H,19,22)(H,20,23). The van der Waals surface area contributed by atoms with Crippen molar-refractivity contribution in [3.63, 3.8) is 0 Å². The zero-order chi connectivity index (χ0) is 17.6. The average Bonchev–Trinajstić information content (AvgIpc) is 2.60. The summed E-state index contributed by atoms with van der Waals surface area (Å²) >= 11 is 0. The molecule has 24 heavy (non-hydrogen) atoms. The van der Waals surface area contributed by atoms with Crippen LogP contribution in [0.3, 0.4) is 0 Å². The molecule has 0 aliphatic carbocycles. The summed E-state index contributed by atoms with van der Waals surface area (Å²) in [6.07, 6.45) is 0. The van der Waals surface area contributed by atoms with E-state index in [0.717, 1.165) is 17.0 Å². The minimum atomic E-state index is -0.615. The first-order valence-corrected chi connectivity index (χ1v) is 7.90. The molecule has 0 spiro atoms. The molecule has 0 aliphatic rings. The number of carbonyl (C=O) groups excluding carboxylic acids is 1. The van der Waals surface area contributed by atoms with E-state index in [9.17, 15) is 4.79 Å². The molecule has 128 valence electrons. The third-order valence-electron chi connectivity index (χ3n) is 3.89. The maximum atomic E-state index is 12.5. The lowest BCUT2D eigenvalue weighted by Gasteiger charge is -2.24. The number of ether oxygens (including phenoxy) is 1. The van der Waals surface area contributed by atoms with Crippen molar-refractivity contribution in [1.29, 1.82) is 0 Å². The SMILES string of the molecule is COc1ccc(C(C)(C)C(=O)NCCNc2ccc(C)nn2)cc1. The van der Waals surface area contributed by atoms with Gasteiger partial charge in [-0.3, -0.25) is 4.79 Å². The van der Waals surface area contributed by atoms with E-state index < -0.39 is 5.41 Å². The molecule has 1 aromatic heterocycles. The van der Waals surface area contributed by atoms with Crippen LogP contribution in [0, 0.1) is 6.92 Å². The predicted octanol–water partition coefficient (Wildman–Crippen LogP) is 2.30. The fourth-order valence-corrected chi connectivity index (χ4v) is 2.22. The molecular formula is C18H24N4O2. The van der Waals surface area contributed by atoms with Crippen molar-refractivity contribution in [2.75, 3.05) is 25.5 Å². The second-order valence-electron chi connectivity index (χ2n) is 6.10. The van der Waals surface area contributed by atoms with E-state index >= 15 is 0 Å². The van der Waals surface area contributed by atoms with Gasteiger partial charge >= 0.3 is 0 Å². The second-order valence-corrected chi connectivity index (χ2v) is 6.10. The number of aromatic nitrogens is 2. The molecule has 2 rings (SSSR count). The Bertz CT molecular complexity index is 666. The number of nitrogens with one attached hydrogen (secondary N) is 2. The normalized spacial score (nSPS) is 11.0. The quantitative estimate of drug-likeness (QED) is 0.763. The molecule has 0 saturated carbocycles. The van der Waals surface area contributed by atoms with Gasteiger partial charge in [-0.25, -0.2) is 0 Å². The number of methoxy groups -OCH3 is 1. The summed E-state index contributed by atoms with van der Waals surface area (Å²) in [5.74, 6) is 1.45. The van der Waals surface area contributed by atoms with Gasteiger partial charge < -0.3 is 15.4 Å². The highest BCUT2D eigenvalue weighted by atomic mass is 16.5. The lowest BCUT2D eigenvalue weighted by Crippen LogP contribution is -2.41. The summed E-state index contributed by atoms with van der Waals surface area (Å²) in [6.45, 7) is 6.79. The highest BCUT2D eigenvalue weighted by Gasteiger charge is 2.29. The summed E-state index contributed by atoms with van der Waals surface area (Å²) < 4.78 is 5.15. The molecule has 0 unspecified atom stereocenters. The van der Waals surface area contributed by atoms with E-state index in [1.54, 1.807) is 7.11 Å². The average molecular weight is 328 g/mol. The molecule has 0 radical (unpaired) electrons. The summed E-state index contributed by atoms with van der Waals surface area (Å²) in [6, 6.07) is 11.3. The van der Waals surface area contributed by atoms with E-state index in [0.29, 0.717) is 18.9 Å². The van der Waals surface area contributed by atoms with Crippen LogP contribution in [0.15, 0.2) is 36.4 Å². The van der Waals surface area contributed by atoms with Crippen molar-refractivity contribution in [2.45, 2.75) is 26.2 Å². The van der Waals surface area contributed by atoms with Gasteiger partial charge in [0, 0.05) is 13.1 Å². The zero-order valence-electron chi connectivity index (χ0n) is 14.6. The van der Waals surface area contributed by atoms with Gasteiger partial charge in [-0.15, -0.1) is 5.10 Å². The van der Waals surface area contributed by atoms with Crippen LogP contribution in [-0.4, -0.2) is 36.3 Å². The maximum Gasteiger partial charge on any atom is 0.230 e. The molecule has 1 amide bonds. The summed E-state index contributed by atoms with van der Waals surface area (Å²) in [4.78, 5) is 12.5. The Kier molecular flexibility index (Phi) is 5.73. The van der Waals surface area contributed by atoms with Crippen molar-refractivity contribution in [1.82, 2.24) is 15.5 Å². The van der Waals surface area contributed by atoms with Crippen LogP contribution in [0.25, 0.3) is 0 Å². The van der Waals surface area contributed by atoms with E-state index in [2.05, 4.69) is 20.8 Å². The van der Waals surface area contributed by atoms with Gasteiger partial charge in [0.25, 0.3) is 0 Å². The minimum Gasteiger partial charge on any atom is -0.497 e. The van der Waals surface area contributed by atoms with Crippen molar-refractivity contribution in [2.24, 2.45) is 0 Å². The van der Waals surface area contributed by atoms with Crippen molar-refractivity contribution < 1.29 is 9.53 Å². The minimum absolute atomic E-state index is 0.0237. The predicted molar refractivity (Wildman–Crippen MR) is 94.3 cm³/mol. The number of anilines is 1. The Morgan fingerprint density at radius 2 is 1.79 bits per heavy atom. The van der Waals surface area contributed by atoms with Crippen LogP contribution in [0.4, 0.5) is 5.82 Å². The smallest absolute Gasteiger partial charge is 0.230 e. The molecule has 2 aromatic rings. The van der Waals surface area contributed by atoms with E-state index in [4.69, 9.17) is 4.74 Å². The fourth-order valence-electron chi connectivity index (χ4n) is 2.22. The molecule has 1 heterocycles. The number of amides is 1. The first-order chi connectivity index (χ1) is 11.4. The topological polar surface area (TPSA) is 76.1 Å². The van der Waals surface area contributed by atoms with Crippen molar-refractivity contribution in [3.05, 3.63) is 47.7 Å². The molecule has 0 saturated heterocycles. The van der Waals surface area contributed by atoms with Crippen LogP contribution in [0.5, 0.6) is 5.75 Å². The third-order valence-corrected chi connectivity index (χ3v) is 3.89. The lowest BCUT2D eigenvalue weighted by atomic mass is 9.83. The molecule has 0 fully saturated rings. The van der Waals surface area contributed by atoms with Gasteiger partial charge in [0.1, 0.15) is 11.6 Å². The Morgan fingerprint density at radius 3 is 2.38 bits per heavy atom. The number of hydrogen-bond acceptors (Lipinski definition) is 5. The largest absolute Gasteiger partial charge is 0.497 e. The van der Waals surface area contributed by atoms with Crippen molar-refractivity contribution in [3.8, 4) is 5.75 Å². The molecular weight excluding hydrogens is 304 g/mol. The first-order valence-electron chi connectivity index (χ1n) is 7.90.